The average Bonchev–Trinajstić information content (AvgIpc) is 3.52. The van der Waals surface area contributed by atoms with Crippen LogP contribution in [0.15, 0.2) is 83.1 Å². The summed E-state index contributed by atoms with van der Waals surface area (Å²) in [5.74, 6) is 0. The minimum Gasteiger partial charge on any atom is -0.465 e. The largest absolute Gasteiger partial charge is 0.465 e. The van der Waals surface area contributed by atoms with E-state index < -0.39 is 44.3 Å². The smallest absolute Gasteiger partial charge is 0.407 e. The molecule has 0 radical (unpaired) electrons. The minimum absolute atomic E-state index is 0.0673. The van der Waals surface area contributed by atoms with E-state index in [4.69, 9.17) is 0 Å². The first kappa shape index (κ1) is 38.3. The third-order valence-corrected chi connectivity index (χ3v) is 14.3. The molecule has 2 N–H and O–H groups in total. The Balaban J connectivity index is 1.04. The number of nitrogens with zero attached hydrogens (tertiary/aromatic N) is 6. The predicted octanol–water partition coefficient (Wildman–Crippen LogP) is 5.70. The Kier molecular flexibility index (Phi) is 12.1. The van der Waals surface area contributed by atoms with Gasteiger partial charge in [0.15, 0.2) is 0 Å². The van der Waals surface area contributed by atoms with E-state index in [2.05, 4.69) is 9.97 Å². The molecule has 0 spiro atoms. The zero-order valence-corrected chi connectivity index (χ0v) is 31.2. The Labute approximate surface area is 310 Å². The van der Waals surface area contributed by atoms with Crippen molar-refractivity contribution in [2.24, 2.45) is 0 Å². The van der Waals surface area contributed by atoms with Crippen LogP contribution in [0.4, 0.5) is 9.59 Å². The number of aromatic nitrogens is 2. The lowest BCUT2D eigenvalue weighted by molar-refractivity contribution is 0.122. The fourth-order valence-electron chi connectivity index (χ4n) is 7.69. The molecule has 14 nitrogen and oxygen atoms in total. The van der Waals surface area contributed by atoms with Gasteiger partial charge in [0.05, 0.1) is 9.79 Å². The number of amides is 2. The van der Waals surface area contributed by atoms with Crippen LogP contribution in [-0.2, 0) is 20.0 Å². The number of hydrogen-bond donors (Lipinski definition) is 2. The summed E-state index contributed by atoms with van der Waals surface area (Å²) in [4.78, 5) is 35.8. The second kappa shape index (κ2) is 16.7. The van der Waals surface area contributed by atoms with Gasteiger partial charge in [0.25, 0.3) is 0 Å². The van der Waals surface area contributed by atoms with Crippen LogP contribution in [0.2, 0.25) is 0 Å². The summed E-state index contributed by atoms with van der Waals surface area (Å²) in [7, 11) is -7.81. The first-order chi connectivity index (χ1) is 25.5. The number of carboxylic acid groups (broad SMARTS) is 2. The maximum Gasteiger partial charge on any atom is 0.407 e. The highest BCUT2D eigenvalue weighted by molar-refractivity contribution is 7.89. The highest BCUT2D eigenvalue weighted by Crippen LogP contribution is 2.30. The van der Waals surface area contributed by atoms with Gasteiger partial charge in [-0.1, -0.05) is 56.4 Å². The van der Waals surface area contributed by atoms with Gasteiger partial charge in [-0.15, -0.1) is 0 Å². The Hall–Kier alpha value is -4.38. The first-order valence-electron chi connectivity index (χ1n) is 18.1. The van der Waals surface area contributed by atoms with Gasteiger partial charge >= 0.3 is 12.2 Å². The van der Waals surface area contributed by atoms with Crippen molar-refractivity contribution in [2.75, 3.05) is 39.3 Å². The molecule has 2 atom stereocenters. The topological polar surface area (TPSA) is 182 Å². The van der Waals surface area contributed by atoms with E-state index in [1.54, 1.807) is 61.2 Å². The second-order valence-corrected chi connectivity index (χ2v) is 17.6. The summed E-state index contributed by atoms with van der Waals surface area (Å²) in [5.41, 5.74) is 0. The van der Waals surface area contributed by atoms with Crippen LogP contribution in [-0.4, -0.2) is 119 Å². The zero-order chi connectivity index (χ0) is 37.6. The van der Waals surface area contributed by atoms with Crippen LogP contribution in [0.25, 0.3) is 21.5 Å². The van der Waals surface area contributed by atoms with Gasteiger partial charge in [-0.3, -0.25) is 9.97 Å². The van der Waals surface area contributed by atoms with Gasteiger partial charge in [-0.2, -0.15) is 8.61 Å². The molecule has 2 amide bonds. The van der Waals surface area contributed by atoms with E-state index in [1.165, 1.54) is 18.4 Å². The van der Waals surface area contributed by atoms with E-state index in [0.717, 1.165) is 19.3 Å². The minimum atomic E-state index is -3.90. The Morgan fingerprint density at radius 1 is 0.604 bits per heavy atom. The molecule has 2 aromatic carbocycles. The lowest BCUT2D eigenvalue weighted by Crippen LogP contribution is -2.45. The van der Waals surface area contributed by atoms with E-state index >= 15 is 0 Å². The van der Waals surface area contributed by atoms with Gasteiger partial charge in [-0.05, 0) is 49.9 Å². The van der Waals surface area contributed by atoms with Gasteiger partial charge in [0.2, 0.25) is 20.0 Å². The summed E-state index contributed by atoms with van der Waals surface area (Å²) in [6.07, 6.45) is 9.80. The quantitative estimate of drug-likeness (QED) is 0.170. The molecule has 2 unspecified atom stereocenters. The maximum absolute atomic E-state index is 13.9. The first-order valence-corrected chi connectivity index (χ1v) is 21.0. The molecule has 2 aliphatic heterocycles. The number of carbonyl (C=O) groups is 2. The number of unbranched alkanes of at least 4 members (excludes halogenated alkanes) is 4. The molecule has 0 bridgehead atoms. The van der Waals surface area contributed by atoms with Gasteiger partial charge in [-0.25, -0.2) is 26.4 Å². The fourth-order valence-corrected chi connectivity index (χ4v) is 11.1. The molecular formula is C37H46N6O8S2. The van der Waals surface area contributed by atoms with Gasteiger partial charge in [0.1, 0.15) is 0 Å². The van der Waals surface area contributed by atoms with Crippen LogP contribution in [0.5, 0.6) is 0 Å². The number of benzene rings is 2. The van der Waals surface area contributed by atoms with Gasteiger partial charge in [0, 0.05) is 97.7 Å². The van der Waals surface area contributed by atoms with Crippen molar-refractivity contribution in [3.8, 4) is 0 Å². The van der Waals surface area contributed by atoms with E-state index in [0.29, 0.717) is 60.1 Å². The SMILES string of the molecule is O=C(O)N1CCCN(S(=O)(=O)c2cccc3cnccc23)CC1CCCCCCCC1CN(S(=O)(=O)c2cccc3cnccc23)CCCN1C(=O)O. The van der Waals surface area contributed by atoms with Crippen molar-refractivity contribution in [1.29, 1.82) is 0 Å². The number of fused-ring (bicyclic) bond motifs is 2. The molecule has 284 valence electrons. The average molecular weight is 767 g/mol. The molecule has 0 saturated carbocycles. The van der Waals surface area contributed by atoms with Crippen LogP contribution >= 0.6 is 0 Å². The number of pyridine rings is 2. The highest BCUT2D eigenvalue weighted by atomic mass is 32.2. The Morgan fingerprint density at radius 2 is 1.02 bits per heavy atom. The molecule has 2 saturated heterocycles. The molecule has 0 aliphatic carbocycles. The molecular weight excluding hydrogens is 721 g/mol. The van der Waals surface area contributed by atoms with E-state index in [1.807, 2.05) is 12.1 Å². The molecule has 53 heavy (non-hydrogen) atoms. The van der Waals surface area contributed by atoms with Crippen LogP contribution in [0, 0.1) is 0 Å². The molecule has 6 rings (SSSR count). The van der Waals surface area contributed by atoms with Crippen molar-refractivity contribution < 1.29 is 36.6 Å². The molecule has 2 aromatic heterocycles. The summed E-state index contributed by atoms with van der Waals surface area (Å²) in [6, 6.07) is 12.5. The predicted molar refractivity (Wildman–Crippen MR) is 200 cm³/mol. The standard InChI is InChI=1S/C37H46N6O8S2/c44-36(45)42-22-8-20-40(52(48,49)34-14-6-10-28-24-38-18-16-32(28)34)26-30(42)12-4-2-1-3-5-13-31-27-41(21-9-23-43(31)37(46)47)53(50,51)35-15-7-11-29-25-39-19-17-33(29)35/h6-7,10-11,14-19,24-25,30-31H,1-5,8-9,12-13,20-23,26-27H2,(H,44,45)(H,46,47). The molecule has 4 heterocycles. The lowest BCUT2D eigenvalue weighted by Gasteiger charge is -2.30. The number of rotatable bonds is 12. The molecule has 2 aliphatic rings. The van der Waals surface area contributed by atoms with Crippen LogP contribution in [0.1, 0.15) is 57.8 Å². The Morgan fingerprint density at radius 3 is 1.43 bits per heavy atom. The lowest BCUT2D eigenvalue weighted by atomic mass is 10.0. The van der Waals surface area contributed by atoms with Crippen LogP contribution < -0.4 is 0 Å². The molecule has 16 heteroatoms. The van der Waals surface area contributed by atoms with Crippen molar-refractivity contribution in [3.63, 3.8) is 0 Å². The van der Waals surface area contributed by atoms with Crippen molar-refractivity contribution >= 4 is 53.8 Å². The van der Waals surface area contributed by atoms with Crippen molar-refractivity contribution in [3.05, 3.63) is 73.3 Å². The third kappa shape index (κ3) is 8.56. The van der Waals surface area contributed by atoms with Crippen LogP contribution in [0.3, 0.4) is 0 Å². The zero-order valence-electron chi connectivity index (χ0n) is 29.5. The monoisotopic (exact) mass is 766 g/mol. The molecule has 2 fully saturated rings. The van der Waals surface area contributed by atoms with Crippen molar-refractivity contribution in [1.82, 2.24) is 28.4 Å². The highest BCUT2D eigenvalue weighted by Gasteiger charge is 2.36. The van der Waals surface area contributed by atoms with Gasteiger partial charge < -0.3 is 20.0 Å². The number of hydrogen-bond acceptors (Lipinski definition) is 8. The summed E-state index contributed by atoms with van der Waals surface area (Å²) >= 11 is 0. The third-order valence-electron chi connectivity index (χ3n) is 10.4. The molecule has 4 aromatic rings. The Bertz CT molecular complexity index is 1990. The van der Waals surface area contributed by atoms with E-state index in [9.17, 15) is 36.6 Å². The van der Waals surface area contributed by atoms with Crippen molar-refractivity contribution in [2.45, 2.75) is 79.7 Å². The summed E-state index contributed by atoms with van der Waals surface area (Å²) in [6.45, 7) is 1.07. The maximum atomic E-state index is 13.9. The second-order valence-electron chi connectivity index (χ2n) is 13.7. The summed E-state index contributed by atoms with van der Waals surface area (Å²) in [5, 5.41) is 22.6. The van der Waals surface area contributed by atoms with E-state index in [-0.39, 0.29) is 49.1 Å². The number of sulfonamides is 2. The normalized spacial score (nSPS) is 19.6. The summed E-state index contributed by atoms with van der Waals surface area (Å²) < 4.78 is 58.4. The fraction of sp³-hybridized carbons (Fsp3) is 0.459.